The highest BCUT2D eigenvalue weighted by Crippen LogP contribution is 2.40. The zero-order valence-corrected chi connectivity index (χ0v) is 30.1. The van der Waals surface area contributed by atoms with Crippen molar-refractivity contribution in [3.05, 3.63) is 86.7 Å². The van der Waals surface area contributed by atoms with Gasteiger partial charge in [0.15, 0.2) is 0 Å². The Balaban J connectivity index is 1.53. The molecule has 2 aromatic carbocycles. The summed E-state index contributed by atoms with van der Waals surface area (Å²) >= 11 is 1.15. The Morgan fingerprint density at radius 3 is 2.37 bits per heavy atom. The molecule has 2 heterocycles. The van der Waals surface area contributed by atoms with Crippen molar-refractivity contribution >= 4 is 45.9 Å². The molecule has 0 unspecified atom stereocenters. The maximum Gasteiger partial charge on any atom is 0.418 e. The van der Waals surface area contributed by atoms with Gasteiger partial charge in [0.25, 0.3) is 5.91 Å². The minimum absolute atomic E-state index is 0.0137. The third kappa shape index (κ3) is 7.98. The van der Waals surface area contributed by atoms with Crippen molar-refractivity contribution < 1.29 is 36.7 Å². The molecule has 0 fully saturated rings. The number of aromatic amines is 1. The van der Waals surface area contributed by atoms with E-state index < -0.39 is 64.7 Å². The summed E-state index contributed by atoms with van der Waals surface area (Å²) in [4.78, 5) is 61.3. The summed E-state index contributed by atoms with van der Waals surface area (Å²) < 4.78 is 56.5. The number of H-pyrrole nitrogens is 1. The number of rotatable bonds is 13. The van der Waals surface area contributed by atoms with Crippen LogP contribution in [0.3, 0.4) is 0 Å². The third-order valence-corrected chi connectivity index (χ3v) is 11.0. The average Bonchev–Trinajstić information content (AvgIpc) is 3.74. The molecular weight excluding hydrogens is 701 g/mol. The van der Waals surface area contributed by atoms with E-state index in [9.17, 15) is 36.7 Å². The number of hydrogen-bond acceptors (Lipinski definition) is 6. The second kappa shape index (κ2) is 15.4. The molecule has 278 valence electrons. The van der Waals surface area contributed by atoms with Gasteiger partial charge in [0, 0.05) is 22.9 Å². The van der Waals surface area contributed by atoms with Crippen LogP contribution in [-0.2, 0) is 39.8 Å². The number of primary amides is 1. The highest BCUT2D eigenvalue weighted by molar-refractivity contribution is 7.09. The predicted molar refractivity (Wildman–Crippen MR) is 189 cm³/mol. The summed E-state index contributed by atoms with van der Waals surface area (Å²) in [5, 5.41) is 10.9. The molecule has 2 aromatic heterocycles. The van der Waals surface area contributed by atoms with Crippen LogP contribution in [0.1, 0.15) is 90.9 Å². The van der Waals surface area contributed by atoms with E-state index in [2.05, 4.69) is 25.9 Å². The number of thiazole rings is 1. The zero-order chi connectivity index (χ0) is 38.0. The van der Waals surface area contributed by atoms with Gasteiger partial charge in [-0.2, -0.15) is 13.2 Å². The first-order valence-electron chi connectivity index (χ1n) is 17.2. The van der Waals surface area contributed by atoms with Crippen molar-refractivity contribution in [3.8, 4) is 0 Å². The molecule has 10 nitrogen and oxygen atoms in total. The summed E-state index contributed by atoms with van der Waals surface area (Å²) in [6, 6.07) is 7.81. The minimum Gasteiger partial charge on any atom is -0.364 e. The van der Waals surface area contributed by atoms with E-state index in [4.69, 9.17) is 5.73 Å². The Labute approximate surface area is 302 Å². The van der Waals surface area contributed by atoms with Gasteiger partial charge in [-0.25, -0.2) is 9.37 Å². The Morgan fingerprint density at radius 2 is 1.73 bits per heavy atom. The van der Waals surface area contributed by atoms with Gasteiger partial charge in [0.1, 0.15) is 28.1 Å². The first-order valence-corrected chi connectivity index (χ1v) is 18.1. The number of fused-ring (bicyclic) bond motifs is 3. The molecular formula is C37H42F4N6O4S. The van der Waals surface area contributed by atoms with Gasteiger partial charge < -0.3 is 26.7 Å². The highest BCUT2D eigenvalue weighted by Gasteiger charge is 2.47. The number of halogens is 4. The Hall–Kier alpha value is -4.79. The fourth-order valence-electron chi connectivity index (χ4n) is 6.63. The Kier molecular flexibility index (Phi) is 11.4. The largest absolute Gasteiger partial charge is 0.418 e. The molecule has 1 aliphatic rings. The van der Waals surface area contributed by atoms with Crippen molar-refractivity contribution in [1.82, 2.24) is 25.9 Å². The lowest BCUT2D eigenvalue weighted by molar-refractivity contribution is -0.137. The lowest BCUT2D eigenvalue weighted by atomic mass is 9.78. The van der Waals surface area contributed by atoms with Gasteiger partial charge in [0.05, 0.1) is 23.5 Å². The number of alkyl halides is 3. The van der Waals surface area contributed by atoms with Crippen LogP contribution >= 0.6 is 11.3 Å². The predicted octanol–water partition coefficient (Wildman–Crippen LogP) is 5.90. The number of nitrogens with two attached hydrogens (primary N) is 1. The summed E-state index contributed by atoms with van der Waals surface area (Å²) in [5.41, 5.74) is 3.97. The number of aryl methyl sites for hydroxylation is 1. The first kappa shape index (κ1) is 38.4. The van der Waals surface area contributed by atoms with E-state index in [1.54, 1.807) is 19.1 Å². The van der Waals surface area contributed by atoms with E-state index >= 15 is 0 Å². The lowest BCUT2D eigenvalue weighted by Crippen LogP contribution is -2.65. The highest BCUT2D eigenvalue weighted by atomic mass is 32.1. The fraction of sp³-hybridized carbons (Fsp3) is 0.432. The van der Waals surface area contributed by atoms with Crippen molar-refractivity contribution in [2.24, 2.45) is 17.6 Å². The van der Waals surface area contributed by atoms with Crippen LogP contribution in [0.25, 0.3) is 10.9 Å². The van der Waals surface area contributed by atoms with Gasteiger partial charge in [-0.15, -0.1) is 11.3 Å². The van der Waals surface area contributed by atoms with E-state index in [0.717, 1.165) is 17.4 Å². The number of benzene rings is 2. The van der Waals surface area contributed by atoms with E-state index in [1.807, 2.05) is 20.8 Å². The van der Waals surface area contributed by atoms with Crippen molar-refractivity contribution in [2.45, 2.75) is 90.0 Å². The SMILES string of the molecule is CC[C@H](C)[C@H](NC(=O)Cc1ccccc1F)C(=O)N[C@]1(C(=O)N[C@H](c2nc(C(N)=O)cs2)[C@@H](C)CC)CCc2[nH]c3c(C(F)(F)F)cccc3c2C1. The number of nitrogens with zero attached hydrogens (tertiary/aromatic N) is 1. The van der Waals surface area contributed by atoms with E-state index in [-0.39, 0.29) is 53.8 Å². The topological polar surface area (TPSA) is 159 Å². The maximum atomic E-state index is 14.7. The van der Waals surface area contributed by atoms with Gasteiger partial charge >= 0.3 is 6.18 Å². The van der Waals surface area contributed by atoms with Crippen molar-refractivity contribution in [1.29, 1.82) is 0 Å². The molecule has 4 amide bonds. The molecule has 0 spiro atoms. The quantitative estimate of drug-likeness (QED) is 0.108. The Morgan fingerprint density at radius 1 is 1.02 bits per heavy atom. The monoisotopic (exact) mass is 742 g/mol. The molecule has 5 atom stereocenters. The second-order valence-electron chi connectivity index (χ2n) is 13.5. The second-order valence-corrected chi connectivity index (χ2v) is 14.4. The van der Waals surface area contributed by atoms with Crippen LogP contribution in [0, 0.1) is 17.7 Å². The molecule has 52 heavy (non-hydrogen) atoms. The van der Waals surface area contributed by atoms with Crippen LogP contribution in [0.5, 0.6) is 0 Å². The smallest absolute Gasteiger partial charge is 0.364 e. The molecule has 0 saturated heterocycles. The number of amides is 4. The van der Waals surface area contributed by atoms with Gasteiger partial charge in [0.2, 0.25) is 17.7 Å². The molecule has 5 rings (SSSR count). The number of aromatic nitrogens is 2. The maximum absolute atomic E-state index is 14.7. The Bertz CT molecular complexity index is 1980. The van der Waals surface area contributed by atoms with Crippen molar-refractivity contribution in [3.63, 3.8) is 0 Å². The molecule has 0 aliphatic heterocycles. The van der Waals surface area contributed by atoms with Crippen LogP contribution in [0.4, 0.5) is 17.6 Å². The summed E-state index contributed by atoms with van der Waals surface area (Å²) in [6.45, 7) is 7.40. The first-order chi connectivity index (χ1) is 24.6. The molecule has 0 radical (unpaired) electrons. The zero-order valence-electron chi connectivity index (χ0n) is 29.2. The summed E-state index contributed by atoms with van der Waals surface area (Å²) in [6.07, 6.45) is -3.91. The normalized spacial score (nSPS) is 18.2. The average molecular weight is 743 g/mol. The van der Waals surface area contributed by atoms with Gasteiger partial charge in [-0.1, -0.05) is 70.9 Å². The molecule has 15 heteroatoms. The standard InChI is InChI=1S/C37H42F4N6O4S/c1-5-19(3)29(45-28(48)16-21-10-7-8-13-25(21)38)33(50)47-36(35(51)46-30(20(4)6-2)34-44-27(18-52-34)32(42)49)15-14-26-23(17-36)22-11-9-12-24(31(22)43-26)37(39,40)41/h7-13,18-20,29-30,43H,5-6,14-17H2,1-4H3,(H2,42,49)(H,45,48)(H,46,51)(H,47,50)/t19-,20-,29-,30-,36+/m0/s1. The van der Waals surface area contributed by atoms with Gasteiger partial charge in [-0.05, 0) is 47.9 Å². The number of carbonyl (C=O) groups is 4. The third-order valence-electron chi connectivity index (χ3n) is 10.1. The molecule has 6 N–H and O–H groups in total. The van der Waals surface area contributed by atoms with Crippen LogP contribution in [0.2, 0.25) is 0 Å². The number of carbonyl (C=O) groups excluding carboxylic acids is 4. The van der Waals surface area contributed by atoms with Crippen LogP contribution < -0.4 is 21.7 Å². The molecule has 0 saturated carbocycles. The van der Waals surface area contributed by atoms with Crippen LogP contribution in [0.15, 0.2) is 47.8 Å². The molecule has 0 bridgehead atoms. The number of nitrogens with one attached hydrogen (secondary N) is 4. The van der Waals surface area contributed by atoms with Crippen molar-refractivity contribution in [2.75, 3.05) is 0 Å². The van der Waals surface area contributed by atoms with Crippen LogP contribution in [-0.4, -0.2) is 45.2 Å². The molecule has 1 aliphatic carbocycles. The summed E-state index contributed by atoms with van der Waals surface area (Å²) in [7, 11) is 0. The van der Waals surface area contributed by atoms with E-state index in [0.29, 0.717) is 29.1 Å². The minimum atomic E-state index is -4.64. The van der Waals surface area contributed by atoms with Gasteiger partial charge in [-0.3, -0.25) is 19.2 Å². The van der Waals surface area contributed by atoms with E-state index in [1.165, 1.54) is 29.6 Å². The molecule has 4 aromatic rings. The number of para-hydroxylation sites is 1. The lowest BCUT2D eigenvalue weighted by Gasteiger charge is -2.39. The number of hydrogen-bond donors (Lipinski definition) is 5. The summed E-state index contributed by atoms with van der Waals surface area (Å²) in [5.74, 6) is -3.77. The fourth-order valence-corrected chi connectivity index (χ4v) is 7.62.